The van der Waals surface area contributed by atoms with E-state index in [1.807, 2.05) is 0 Å². The summed E-state index contributed by atoms with van der Waals surface area (Å²) in [5.74, 6) is 0.00509. The molecule has 15 heavy (non-hydrogen) atoms. The van der Waals surface area contributed by atoms with Crippen LogP contribution in [0, 0.1) is 0 Å². The molecule has 0 aliphatic carbocycles. The van der Waals surface area contributed by atoms with Gasteiger partial charge in [-0.15, -0.1) is 0 Å². The molecular weight excluding hydrogens is 194 g/mol. The van der Waals surface area contributed by atoms with Gasteiger partial charge in [0.1, 0.15) is 12.1 Å². The van der Waals surface area contributed by atoms with Gasteiger partial charge in [-0.05, 0) is 18.2 Å². The predicted octanol–water partition coefficient (Wildman–Crippen LogP) is 0.999. The number of hydrogen-bond acceptors (Lipinski definition) is 5. The van der Waals surface area contributed by atoms with Crippen LogP contribution in [0.3, 0.4) is 0 Å². The number of carbonyl (C=O) groups is 1. The second-order valence-electron chi connectivity index (χ2n) is 2.98. The molecule has 1 aromatic heterocycles. The van der Waals surface area contributed by atoms with Gasteiger partial charge in [-0.25, -0.2) is 14.8 Å². The van der Waals surface area contributed by atoms with Crippen molar-refractivity contribution in [2.45, 2.75) is 0 Å². The van der Waals surface area contributed by atoms with Gasteiger partial charge in [-0.2, -0.15) is 0 Å². The number of nitrogens with zero attached hydrogens (tertiary/aromatic N) is 2. The second kappa shape index (κ2) is 3.53. The molecule has 1 aromatic carbocycles. The molecule has 0 bridgehead atoms. The molecule has 0 fully saturated rings. The van der Waals surface area contributed by atoms with Crippen LogP contribution in [-0.4, -0.2) is 23.0 Å². The van der Waals surface area contributed by atoms with Crippen LogP contribution in [0.1, 0.15) is 10.4 Å². The Morgan fingerprint density at radius 1 is 1.40 bits per heavy atom. The fourth-order valence-corrected chi connectivity index (χ4v) is 1.32. The van der Waals surface area contributed by atoms with Gasteiger partial charge in [0.15, 0.2) is 0 Å². The minimum atomic E-state index is -0.394. The number of nitrogens with two attached hydrogens (primary N) is 1. The Bertz CT molecular complexity index is 525. The number of esters is 1. The lowest BCUT2D eigenvalue weighted by Crippen LogP contribution is -2.01. The third kappa shape index (κ3) is 1.59. The van der Waals surface area contributed by atoms with Crippen molar-refractivity contribution in [3.63, 3.8) is 0 Å². The van der Waals surface area contributed by atoms with Gasteiger partial charge in [0.05, 0.1) is 18.2 Å². The second-order valence-corrected chi connectivity index (χ2v) is 2.98. The van der Waals surface area contributed by atoms with Crippen molar-refractivity contribution >= 4 is 22.7 Å². The molecule has 0 saturated carbocycles. The number of carbonyl (C=O) groups excluding carboxylic acids is 1. The van der Waals surface area contributed by atoms with Crippen LogP contribution in [-0.2, 0) is 4.74 Å². The monoisotopic (exact) mass is 203 g/mol. The number of ether oxygens (including phenoxy) is 1. The Labute approximate surface area is 85.9 Å². The van der Waals surface area contributed by atoms with Crippen LogP contribution < -0.4 is 5.73 Å². The molecule has 0 unspecified atom stereocenters. The van der Waals surface area contributed by atoms with E-state index in [1.54, 1.807) is 18.2 Å². The van der Waals surface area contributed by atoms with Gasteiger partial charge in [-0.3, -0.25) is 0 Å². The van der Waals surface area contributed by atoms with Gasteiger partial charge in [0.2, 0.25) is 0 Å². The zero-order chi connectivity index (χ0) is 10.8. The highest BCUT2D eigenvalue weighted by molar-refractivity contribution is 5.96. The molecule has 1 heterocycles. The summed E-state index contributed by atoms with van der Waals surface area (Å²) in [6.45, 7) is 0. The minimum absolute atomic E-state index is 0.394. The Morgan fingerprint density at radius 3 is 2.93 bits per heavy atom. The van der Waals surface area contributed by atoms with E-state index < -0.39 is 5.97 Å². The van der Waals surface area contributed by atoms with Gasteiger partial charge < -0.3 is 10.5 Å². The maximum atomic E-state index is 11.2. The Balaban J connectivity index is 2.62. The molecule has 5 nitrogen and oxygen atoms in total. The lowest BCUT2D eigenvalue weighted by atomic mass is 10.1. The molecule has 5 heteroatoms. The predicted molar refractivity (Wildman–Crippen MR) is 55.3 cm³/mol. The first-order chi connectivity index (χ1) is 7.22. The third-order valence-electron chi connectivity index (χ3n) is 2.09. The Morgan fingerprint density at radius 2 is 2.20 bits per heavy atom. The van der Waals surface area contributed by atoms with Crippen molar-refractivity contribution in [2.75, 3.05) is 12.8 Å². The van der Waals surface area contributed by atoms with Crippen molar-refractivity contribution in [3.05, 3.63) is 30.1 Å². The molecule has 2 rings (SSSR count). The molecule has 0 amide bonds. The van der Waals surface area contributed by atoms with Crippen LogP contribution >= 0.6 is 0 Å². The highest BCUT2D eigenvalue weighted by Gasteiger charge is 2.07. The molecule has 0 atom stereocenters. The topological polar surface area (TPSA) is 78.1 Å². The van der Waals surface area contributed by atoms with Gasteiger partial charge in [-0.1, -0.05) is 0 Å². The molecular formula is C10H9N3O2. The largest absolute Gasteiger partial charge is 0.465 e. The van der Waals surface area contributed by atoms with Crippen LogP contribution in [0.5, 0.6) is 0 Å². The summed E-state index contributed by atoms with van der Waals surface area (Å²) in [6.07, 6.45) is 1.36. The highest BCUT2D eigenvalue weighted by atomic mass is 16.5. The van der Waals surface area contributed by atoms with Crippen molar-refractivity contribution in [2.24, 2.45) is 0 Å². The van der Waals surface area contributed by atoms with Crippen LogP contribution in [0.15, 0.2) is 24.5 Å². The maximum Gasteiger partial charge on any atom is 0.337 e. The number of methoxy groups -OCH3 is 1. The van der Waals surface area contributed by atoms with Gasteiger partial charge >= 0.3 is 5.97 Å². The number of rotatable bonds is 1. The normalized spacial score (nSPS) is 10.2. The van der Waals surface area contributed by atoms with Crippen molar-refractivity contribution in [1.82, 2.24) is 9.97 Å². The summed E-state index contributed by atoms with van der Waals surface area (Å²) in [6, 6.07) is 4.96. The minimum Gasteiger partial charge on any atom is -0.465 e. The maximum absolute atomic E-state index is 11.2. The van der Waals surface area contributed by atoms with E-state index in [4.69, 9.17) is 5.73 Å². The summed E-state index contributed by atoms with van der Waals surface area (Å²) in [5.41, 5.74) is 6.72. The number of anilines is 1. The van der Waals surface area contributed by atoms with E-state index in [0.29, 0.717) is 16.9 Å². The molecule has 0 spiro atoms. The van der Waals surface area contributed by atoms with E-state index in [2.05, 4.69) is 14.7 Å². The van der Waals surface area contributed by atoms with E-state index >= 15 is 0 Å². The van der Waals surface area contributed by atoms with E-state index in [-0.39, 0.29) is 0 Å². The number of nitrogen functional groups attached to an aromatic ring is 1. The van der Waals surface area contributed by atoms with Gasteiger partial charge in [0.25, 0.3) is 0 Å². The Hall–Kier alpha value is -2.17. The summed E-state index contributed by atoms with van der Waals surface area (Å²) in [4.78, 5) is 19.1. The van der Waals surface area contributed by atoms with E-state index in [9.17, 15) is 4.79 Å². The van der Waals surface area contributed by atoms with E-state index in [0.717, 1.165) is 5.39 Å². The van der Waals surface area contributed by atoms with Crippen LogP contribution in [0.25, 0.3) is 10.9 Å². The molecule has 2 N–H and O–H groups in total. The summed E-state index contributed by atoms with van der Waals surface area (Å²) >= 11 is 0. The molecule has 0 aliphatic heterocycles. The van der Waals surface area contributed by atoms with Gasteiger partial charge in [0, 0.05) is 5.39 Å². The van der Waals surface area contributed by atoms with E-state index in [1.165, 1.54) is 13.4 Å². The van der Waals surface area contributed by atoms with Crippen molar-refractivity contribution < 1.29 is 9.53 Å². The zero-order valence-corrected chi connectivity index (χ0v) is 8.10. The Kier molecular flexibility index (Phi) is 2.21. The first-order valence-electron chi connectivity index (χ1n) is 4.31. The highest BCUT2D eigenvalue weighted by Crippen LogP contribution is 2.17. The SMILES string of the molecule is COC(=O)c1ccc2c(N)ncnc2c1. The smallest absolute Gasteiger partial charge is 0.337 e. The van der Waals surface area contributed by atoms with Crippen molar-refractivity contribution in [3.8, 4) is 0 Å². The average molecular weight is 203 g/mol. The zero-order valence-electron chi connectivity index (χ0n) is 8.10. The molecule has 0 radical (unpaired) electrons. The lowest BCUT2D eigenvalue weighted by Gasteiger charge is -2.02. The fraction of sp³-hybridized carbons (Fsp3) is 0.100. The first kappa shape index (κ1) is 9.39. The molecule has 2 aromatic rings. The molecule has 0 saturated heterocycles. The average Bonchev–Trinajstić information content (AvgIpc) is 2.28. The summed E-state index contributed by atoms with van der Waals surface area (Å²) in [7, 11) is 1.33. The van der Waals surface area contributed by atoms with Crippen LogP contribution in [0.2, 0.25) is 0 Å². The quantitative estimate of drug-likeness (QED) is 0.699. The number of aromatic nitrogens is 2. The summed E-state index contributed by atoms with van der Waals surface area (Å²) in [5, 5.41) is 0.727. The first-order valence-corrected chi connectivity index (χ1v) is 4.31. The molecule has 0 aliphatic rings. The standard InChI is InChI=1S/C10H9N3O2/c1-15-10(14)6-2-3-7-8(4-6)12-5-13-9(7)11/h2-5H,1H3,(H2,11,12,13). The summed E-state index contributed by atoms with van der Waals surface area (Å²) < 4.78 is 4.60. The van der Waals surface area contributed by atoms with Crippen LogP contribution in [0.4, 0.5) is 5.82 Å². The molecule has 76 valence electrons. The number of hydrogen-bond donors (Lipinski definition) is 1. The number of benzene rings is 1. The number of fused-ring (bicyclic) bond motifs is 1. The van der Waals surface area contributed by atoms with Crippen molar-refractivity contribution in [1.29, 1.82) is 0 Å². The third-order valence-corrected chi connectivity index (χ3v) is 2.09. The fourth-order valence-electron chi connectivity index (χ4n) is 1.32. The lowest BCUT2D eigenvalue weighted by molar-refractivity contribution is 0.0601.